The van der Waals surface area contributed by atoms with E-state index in [0.29, 0.717) is 32.0 Å². The summed E-state index contributed by atoms with van der Waals surface area (Å²) in [7, 11) is 0. The first-order valence-electron chi connectivity index (χ1n) is 9.20. The maximum Gasteiger partial charge on any atom is 0.237 e. The highest BCUT2D eigenvalue weighted by Gasteiger charge is 2.30. The fourth-order valence-corrected chi connectivity index (χ4v) is 3.24. The minimum Gasteiger partial charge on any atom is -0.399 e. The molecule has 1 unspecified atom stereocenters. The van der Waals surface area contributed by atoms with Crippen LogP contribution in [0.2, 0.25) is 0 Å². The van der Waals surface area contributed by atoms with Crippen LogP contribution in [0.15, 0.2) is 24.3 Å². The number of benzene rings is 1. The van der Waals surface area contributed by atoms with E-state index in [-0.39, 0.29) is 17.9 Å². The Balaban J connectivity index is 1.42. The summed E-state index contributed by atoms with van der Waals surface area (Å²) in [5.41, 5.74) is 7.71. The van der Waals surface area contributed by atoms with Crippen molar-refractivity contribution in [1.82, 2.24) is 15.1 Å². The Hall–Kier alpha value is -2.08. The number of carbonyl (C=O) groups excluding carboxylic acids is 2. The number of rotatable bonds is 6. The summed E-state index contributed by atoms with van der Waals surface area (Å²) in [4.78, 5) is 28.7. The molecule has 1 saturated heterocycles. The van der Waals surface area contributed by atoms with Crippen LogP contribution in [0.3, 0.4) is 0 Å². The molecular weight excluding hydrogens is 316 g/mol. The average Bonchev–Trinajstić information content (AvgIpc) is 3.44. The Morgan fingerprint density at radius 3 is 2.52 bits per heavy atom. The topological polar surface area (TPSA) is 78.7 Å². The van der Waals surface area contributed by atoms with E-state index in [2.05, 4.69) is 10.2 Å². The van der Waals surface area contributed by atoms with E-state index in [0.717, 1.165) is 37.2 Å². The highest BCUT2D eigenvalue weighted by Crippen LogP contribution is 2.19. The quantitative estimate of drug-likeness (QED) is 0.755. The molecule has 1 atom stereocenters. The zero-order valence-electron chi connectivity index (χ0n) is 14.9. The number of nitrogens with one attached hydrogen (secondary N) is 1. The number of amides is 2. The second kappa shape index (κ2) is 7.87. The summed E-state index contributed by atoms with van der Waals surface area (Å²) in [5, 5.41) is 3.06. The van der Waals surface area contributed by atoms with E-state index >= 15 is 0 Å². The SMILES string of the molecule is CC(C(=O)NC1CC1)N1CCN(C(=O)CCc2ccccc2N)CC1. The third-order valence-electron chi connectivity index (χ3n) is 5.18. The minimum atomic E-state index is -0.123. The summed E-state index contributed by atoms with van der Waals surface area (Å²) in [6.45, 7) is 4.82. The van der Waals surface area contributed by atoms with Gasteiger partial charge in [0.15, 0.2) is 0 Å². The maximum atomic E-state index is 12.4. The first-order valence-corrected chi connectivity index (χ1v) is 9.20. The second-order valence-corrected chi connectivity index (χ2v) is 7.07. The van der Waals surface area contributed by atoms with Gasteiger partial charge in [0.2, 0.25) is 11.8 Å². The van der Waals surface area contributed by atoms with Crippen LogP contribution < -0.4 is 11.1 Å². The lowest BCUT2D eigenvalue weighted by Gasteiger charge is -2.37. The number of para-hydroxylation sites is 1. The fraction of sp³-hybridized carbons (Fsp3) is 0.579. The number of nitrogens with zero attached hydrogens (tertiary/aromatic N) is 2. The van der Waals surface area contributed by atoms with E-state index < -0.39 is 0 Å². The van der Waals surface area contributed by atoms with E-state index in [1.165, 1.54) is 0 Å². The molecule has 0 spiro atoms. The summed E-state index contributed by atoms with van der Waals surface area (Å²) < 4.78 is 0. The van der Waals surface area contributed by atoms with Gasteiger partial charge in [-0.05, 0) is 37.8 Å². The van der Waals surface area contributed by atoms with Gasteiger partial charge in [0.05, 0.1) is 6.04 Å². The number of anilines is 1. The number of nitrogens with two attached hydrogens (primary N) is 1. The predicted octanol–water partition coefficient (Wildman–Crippen LogP) is 1.01. The van der Waals surface area contributed by atoms with Gasteiger partial charge in [-0.15, -0.1) is 0 Å². The van der Waals surface area contributed by atoms with E-state index in [9.17, 15) is 9.59 Å². The third kappa shape index (κ3) is 4.72. The van der Waals surface area contributed by atoms with Crippen LogP contribution in [0.5, 0.6) is 0 Å². The van der Waals surface area contributed by atoms with Gasteiger partial charge in [0.1, 0.15) is 0 Å². The number of carbonyl (C=O) groups is 2. The summed E-state index contributed by atoms with van der Waals surface area (Å²) in [5.74, 6) is 0.278. The Morgan fingerprint density at radius 2 is 1.88 bits per heavy atom. The largest absolute Gasteiger partial charge is 0.399 e. The van der Waals surface area contributed by atoms with Crippen molar-refractivity contribution in [3.05, 3.63) is 29.8 Å². The molecule has 2 amide bonds. The number of hydrogen-bond acceptors (Lipinski definition) is 4. The molecular formula is C19H28N4O2. The summed E-state index contributed by atoms with van der Waals surface area (Å²) >= 11 is 0. The highest BCUT2D eigenvalue weighted by atomic mass is 16.2. The lowest BCUT2D eigenvalue weighted by molar-refractivity contribution is -0.134. The zero-order chi connectivity index (χ0) is 17.8. The van der Waals surface area contributed by atoms with Crippen LogP contribution in [-0.2, 0) is 16.0 Å². The van der Waals surface area contributed by atoms with Crippen LogP contribution in [0, 0.1) is 0 Å². The molecule has 1 aliphatic carbocycles. The molecule has 2 fully saturated rings. The first-order chi connectivity index (χ1) is 12.0. The molecule has 6 nitrogen and oxygen atoms in total. The second-order valence-electron chi connectivity index (χ2n) is 7.07. The van der Waals surface area contributed by atoms with Crippen LogP contribution in [0.1, 0.15) is 31.7 Å². The molecule has 1 heterocycles. The van der Waals surface area contributed by atoms with Gasteiger partial charge in [-0.3, -0.25) is 14.5 Å². The van der Waals surface area contributed by atoms with Crippen LogP contribution in [0.25, 0.3) is 0 Å². The Kier molecular flexibility index (Phi) is 5.58. The maximum absolute atomic E-state index is 12.4. The van der Waals surface area contributed by atoms with Gasteiger partial charge < -0.3 is 16.0 Å². The minimum absolute atomic E-state index is 0.113. The van der Waals surface area contributed by atoms with Crippen LogP contribution in [0.4, 0.5) is 5.69 Å². The van der Waals surface area contributed by atoms with E-state index in [4.69, 9.17) is 5.73 Å². The highest BCUT2D eigenvalue weighted by molar-refractivity contribution is 5.82. The number of hydrogen-bond donors (Lipinski definition) is 2. The molecule has 3 N–H and O–H groups in total. The molecule has 6 heteroatoms. The van der Waals surface area contributed by atoms with Crippen molar-refractivity contribution < 1.29 is 9.59 Å². The molecule has 1 aromatic rings. The van der Waals surface area contributed by atoms with Gasteiger partial charge in [-0.2, -0.15) is 0 Å². The predicted molar refractivity (Wildman–Crippen MR) is 98.0 cm³/mol. The molecule has 136 valence electrons. The molecule has 25 heavy (non-hydrogen) atoms. The summed E-state index contributed by atoms with van der Waals surface area (Å²) in [6.07, 6.45) is 3.36. The third-order valence-corrected chi connectivity index (χ3v) is 5.18. The van der Waals surface area contributed by atoms with E-state index in [1.807, 2.05) is 36.1 Å². The Bertz CT molecular complexity index is 622. The zero-order valence-corrected chi connectivity index (χ0v) is 14.9. The van der Waals surface area contributed by atoms with Crippen molar-refractivity contribution in [2.45, 2.75) is 44.7 Å². The smallest absolute Gasteiger partial charge is 0.237 e. The lowest BCUT2D eigenvalue weighted by Crippen LogP contribution is -2.55. The number of nitrogen functional groups attached to an aromatic ring is 1. The van der Waals surface area contributed by atoms with E-state index in [1.54, 1.807) is 0 Å². The fourth-order valence-electron chi connectivity index (χ4n) is 3.24. The average molecular weight is 344 g/mol. The number of aryl methyl sites for hydroxylation is 1. The molecule has 2 aliphatic rings. The molecule has 3 rings (SSSR count). The first kappa shape index (κ1) is 17.7. The Labute approximate surface area is 149 Å². The lowest BCUT2D eigenvalue weighted by atomic mass is 10.1. The molecule has 1 saturated carbocycles. The molecule has 0 radical (unpaired) electrons. The van der Waals surface area contributed by atoms with Crippen molar-refractivity contribution in [3.63, 3.8) is 0 Å². The normalized spacial score (nSPS) is 19.5. The number of piperazine rings is 1. The van der Waals surface area contributed by atoms with Gasteiger partial charge in [0.25, 0.3) is 0 Å². The molecule has 1 aliphatic heterocycles. The summed E-state index contributed by atoms with van der Waals surface area (Å²) in [6, 6.07) is 7.96. The van der Waals surface area contributed by atoms with Crippen LogP contribution in [-0.4, -0.2) is 59.9 Å². The molecule has 0 aromatic heterocycles. The van der Waals surface area contributed by atoms with Gasteiger partial charge in [-0.25, -0.2) is 0 Å². The van der Waals surface area contributed by atoms with Gasteiger partial charge in [0, 0.05) is 44.3 Å². The van der Waals surface area contributed by atoms with Crippen molar-refractivity contribution in [3.8, 4) is 0 Å². The standard InChI is InChI=1S/C19H28N4O2/c1-14(19(25)21-16-7-8-16)22-10-12-23(13-11-22)18(24)9-6-15-4-2-3-5-17(15)20/h2-5,14,16H,6-13,20H2,1H3,(H,21,25). The molecule has 1 aromatic carbocycles. The van der Waals surface area contributed by atoms with Gasteiger partial charge >= 0.3 is 0 Å². The van der Waals surface area contributed by atoms with Gasteiger partial charge in [-0.1, -0.05) is 18.2 Å². The van der Waals surface area contributed by atoms with Crippen molar-refractivity contribution in [2.75, 3.05) is 31.9 Å². The van der Waals surface area contributed by atoms with Crippen LogP contribution >= 0.6 is 0 Å². The van der Waals surface area contributed by atoms with Crippen molar-refractivity contribution in [2.24, 2.45) is 0 Å². The van der Waals surface area contributed by atoms with Crippen molar-refractivity contribution in [1.29, 1.82) is 0 Å². The Morgan fingerprint density at radius 1 is 1.20 bits per heavy atom. The monoisotopic (exact) mass is 344 g/mol. The molecule has 0 bridgehead atoms. The van der Waals surface area contributed by atoms with Crippen molar-refractivity contribution >= 4 is 17.5 Å².